The fourth-order valence-corrected chi connectivity index (χ4v) is 2.93. The lowest BCUT2D eigenvalue weighted by molar-refractivity contribution is 0.387. The maximum atomic E-state index is 4.99. The largest absolute Gasteiger partial charge is 0.357 e. The molecule has 0 spiro atoms. The topological polar surface area (TPSA) is 66.5 Å². The fraction of sp³-hybridized carbons (Fsp3) is 0.471. The number of aryl methyl sites for hydroxylation is 1. The van der Waals surface area contributed by atoms with Crippen molar-refractivity contribution < 1.29 is 4.52 Å². The van der Waals surface area contributed by atoms with Crippen LogP contribution in [-0.4, -0.2) is 40.6 Å². The monoisotopic (exact) mass is 313 g/mol. The second kappa shape index (κ2) is 7.26. The van der Waals surface area contributed by atoms with Crippen molar-refractivity contribution in [3.8, 4) is 0 Å². The van der Waals surface area contributed by atoms with Crippen molar-refractivity contribution >= 4 is 5.96 Å². The lowest BCUT2D eigenvalue weighted by Gasteiger charge is -2.21. The van der Waals surface area contributed by atoms with Gasteiger partial charge in [0.15, 0.2) is 11.8 Å². The van der Waals surface area contributed by atoms with Crippen LogP contribution in [0.3, 0.4) is 0 Å². The van der Waals surface area contributed by atoms with E-state index in [4.69, 9.17) is 4.52 Å². The lowest BCUT2D eigenvalue weighted by Crippen LogP contribution is -2.40. The molecule has 1 aromatic carbocycles. The van der Waals surface area contributed by atoms with E-state index in [1.54, 1.807) is 6.92 Å². The maximum absolute atomic E-state index is 4.99. The van der Waals surface area contributed by atoms with Crippen LogP contribution in [0.15, 0.2) is 39.8 Å². The molecule has 0 bridgehead atoms. The first-order valence-corrected chi connectivity index (χ1v) is 8.13. The fourth-order valence-electron chi connectivity index (χ4n) is 2.93. The lowest BCUT2D eigenvalue weighted by atomic mass is 9.99. The molecular formula is C17H23N5O. The predicted octanol–water partition coefficient (Wildman–Crippen LogP) is 2.33. The SMILES string of the molecule is CCNC(=NCc1noc(C)n1)N1CCC(c2ccccc2)C1. The smallest absolute Gasteiger partial charge is 0.223 e. The normalized spacial score (nSPS) is 18.4. The predicted molar refractivity (Wildman–Crippen MR) is 89.2 cm³/mol. The van der Waals surface area contributed by atoms with Gasteiger partial charge in [0.2, 0.25) is 5.89 Å². The number of nitrogens with one attached hydrogen (secondary N) is 1. The molecule has 23 heavy (non-hydrogen) atoms. The molecule has 2 aromatic rings. The zero-order valence-electron chi connectivity index (χ0n) is 13.7. The number of aliphatic imine (C=N–C) groups is 1. The van der Waals surface area contributed by atoms with Gasteiger partial charge in [-0.15, -0.1) is 0 Å². The third kappa shape index (κ3) is 3.88. The summed E-state index contributed by atoms with van der Waals surface area (Å²) in [5.74, 6) is 2.68. The Hall–Kier alpha value is -2.37. The van der Waals surface area contributed by atoms with Crippen LogP contribution in [0, 0.1) is 6.92 Å². The van der Waals surface area contributed by atoms with Crippen molar-refractivity contribution in [3.63, 3.8) is 0 Å². The van der Waals surface area contributed by atoms with Crippen molar-refractivity contribution in [1.82, 2.24) is 20.4 Å². The van der Waals surface area contributed by atoms with Crippen LogP contribution in [0.1, 0.15) is 36.5 Å². The van der Waals surface area contributed by atoms with Gasteiger partial charge in [-0.1, -0.05) is 35.5 Å². The number of likely N-dealkylation sites (tertiary alicyclic amines) is 1. The van der Waals surface area contributed by atoms with Crippen LogP contribution in [0.5, 0.6) is 0 Å². The minimum atomic E-state index is 0.437. The van der Waals surface area contributed by atoms with E-state index in [1.165, 1.54) is 5.56 Å². The number of aromatic nitrogens is 2. The van der Waals surface area contributed by atoms with Gasteiger partial charge < -0.3 is 14.7 Å². The van der Waals surface area contributed by atoms with E-state index in [9.17, 15) is 0 Å². The number of guanidine groups is 1. The second-order valence-corrected chi connectivity index (χ2v) is 5.74. The molecule has 6 nitrogen and oxygen atoms in total. The maximum Gasteiger partial charge on any atom is 0.223 e. The first-order valence-electron chi connectivity index (χ1n) is 8.13. The van der Waals surface area contributed by atoms with Gasteiger partial charge in [-0.2, -0.15) is 4.98 Å². The summed E-state index contributed by atoms with van der Waals surface area (Å²) < 4.78 is 4.99. The molecule has 2 heterocycles. The molecule has 1 atom stereocenters. The van der Waals surface area contributed by atoms with Crippen molar-refractivity contribution in [2.24, 2.45) is 4.99 Å². The van der Waals surface area contributed by atoms with Crippen molar-refractivity contribution in [2.75, 3.05) is 19.6 Å². The minimum Gasteiger partial charge on any atom is -0.357 e. The molecule has 1 saturated heterocycles. The van der Waals surface area contributed by atoms with E-state index >= 15 is 0 Å². The molecule has 3 rings (SSSR count). The highest BCUT2D eigenvalue weighted by Gasteiger charge is 2.25. The van der Waals surface area contributed by atoms with Gasteiger partial charge in [0.1, 0.15) is 6.54 Å². The summed E-state index contributed by atoms with van der Waals surface area (Å²) in [5.41, 5.74) is 1.40. The van der Waals surface area contributed by atoms with Gasteiger partial charge in [0.25, 0.3) is 0 Å². The Bertz CT molecular complexity index is 652. The molecule has 0 amide bonds. The zero-order valence-corrected chi connectivity index (χ0v) is 13.7. The number of hydrogen-bond donors (Lipinski definition) is 1. The summed E-state index contributed by atoms with van der Waals surface area (Å²) in [6, 6.07) is 10.7. The van der Waals surface area contributed by atoms with Gasteiger partial charge in [-0.25, -0.2) is 4.99 Å². The minimum absolute atomic E-state index is 0.437. The van der Waals surface area contributed by atoms with Crippen LogP contribution in [0.25, 0.3) is 0 Å². The first kappa shape index (κ1) is 15.5. The first-order chi connectivity index (χ1) is 11.3. The molecule has 0 aliphatic carbocycles. The molecule has 1 N–H and O–H groups in total. The molecular weight excluding hydrogens is 290 g/mol. The number of hydrogen-bond acceptors (Lipinski definition) is 4. The Morgan fingerprint density at radius 3 is 2.91 bits per heavy atom. The van der Waals surface area contributed by atoms with Gasteiger partial charge >= 0.3 is 0 Å². The summed E-state index contributed by atoms with van der Waals surface area (Å²) in [4.78, 5) is 11.2. The van der Waals surface area contributed by atoms with Crippen molar-refractivity contribution in [3.05, 3.63) is 47.6 Å². The second-order valence-electron chi connectivity index (χ2n) is 5.74. The highest BCUT2D eigenvalue weighted by atomic mass is 16.5. The standard InChI is InChI=1S/C17H23N5O/c1-3-18-17(19-11-16-20-13(2)23-21-16)22-10-9-15(12-22)14-7-5-4-6-8-14/h4-8,15H,3,9-12H2,1-2H3,(H,18,19). The Kier molecular flexibility index (Phi) is 4.90. The Labute approximate surface area is 136 Å². The van der Waals surface area contributed by atoms with Crippen LogP contribution >= 0.6 is 0 Å². The molecule has 6 heteroatoms. The molecule has 0 radical (unpaired) electrons. The molecule has 1 aliphatic heterocycles. The molecule has 1 unspecified atom stereocenters. The molecule has 1 aliphatic rings. The Morgan fingerprint density at radius 2 is 2.22 bits per heavy atom. The quantitative estimate of drug-likeness (QED) is 0.693. The third-order valence-corrected chi connectivity index (χ3v) is 4.03. The number of rotatable bonds is 4. The van der Waals surface area contributed by atoms with Gasteiger partial charge in [0.05, 0.1) is 0 Å². The summed E-state index contributed by atoms with van der Waals surface area (Å²) in [6.07, 6.45) is 1.15. The van der Waals surface area contributed by atoms with E-state index in [0.717, 1.165) is 32.0 Å². The number of nitrogens with zero attached hydrogens (tertiary/aromatic N) is 4. The van der Waals surface area contributed by atoms with E-state index in [-0.39, 0.29) is 0 Å². The highest BCUT2D eigenvalue weighted by molar-refractivity contribution is 5.80. The molecule has 1 aromatic heterocycles. The van der Waals surface area contributed by atoms with E-state index in [0.29, 0.717) is 24.2 Å². The summed E-state index contributed by atoms with van der Waals surface area (Å²) in [5, 5.41) is 7.26. The van der Waals surface area contributed by atoms with Gasteiger partial charge in [0, 0.05) is 32.5 Å². The summed E-state index contributed by atoms with van der Waals surface area (Å²) >= 11 is 0. The van der Waals surface area contributed by atoms with E-state index in [1.807, 2.05) is 0 Å². The van der Waals surface area contributed by atoms with Crippen LogP contribution in [-0.2, 0) is 6.54 Å². The number of benzene rings is 1. The van der Waals surface area contributed by atoms with Crippen LogP contribution in [0.4, 0.5) is 0 Å². The Balaban J connectivity index is 1.67. The highest BCUT2D eigenvalue weighted by Crippen LogP contribution is 2.26. The average Bonchev–Trinajstić information content (AvgIpc) is 3.21. The zero-order chi connectivity index (χ0) is 16.1. The molecule has 122 valence electrons. The molecule has 0 saturated carbocycles. The van der Waals surface area contributed by atoms with Gasteiger partial charge in [-0.05, 0) is 18.9 Å². The Morgan fingerprint density at radius 1 is 1.39 bits per heavy atom. The summed E-state index contributed by atoms with van der Waals surface area (Å²) in [7, 11) is 0. The molecule has 1 fully saturated rings. The van der Waals surface area contributed by atoms with Gasteiger partial charge in [-0.3, -0.25) is 0 Å². The van der Waals surface area contributed by atoms with E-state index in [2.05, 4.69) is 62.6 Å². The summed E-state index contributed by atoms with van der Waals surface area (Å²) in [6.45, 7) is 7.15. The van der Waals surface area contributed by atoms with E-state index < -0.39 is 0 Å². The van der Waals surface area contributed by atoms with Crippen LogP contribution < -0.4 is 5.32 Å². The third-order valence-electron chi connectivity index (χ3n) is 4.03. The average molecular weight is 313 g/mol. The van der Waals surface area contributed by atoms with Crippen molar-refractivity contribution in [1.29, 1.82) is 0 Å². The van der Waals surface area contributed by atoms with Crippen molar-refractivity contribution in [2.45, 2.75) is 32.7 Å². The van der Waals surface area contributed by atoms with Crippen LogP contribution in [0.2, 0.25) is 0 Å².